The van der Waals surface area contributed by atoms with Crippen molar-refractivity contribution < 1.29 is 0 Å². The second kappa shape index (κ2) is 7.14. The van der Waals surface area contributed by atoms with Crippen LogP contribution in [0.15, 0.2) is 46.9 Å². The van der Waals surface area contributed by atoms with Crippen LogP contribution in [0.25, 0.3) is 0 Å². The fourth-order valence-corrected chi connectivity index (χ4v) is 2.75. The molecule has 2 aromatic rings. The van der Waals surface area contributed by atoms with Crippen molar-refractivity contribution in [2.75, 3.05) is 5.32 Å². The van der Waals surface area contributed by atoms with E-state index in [0.29, 0.717) is 6.04 Å². The van der Waals surface area contributed by atoms with Crippen molar-refractivity contribution in [2.45, 2.75) is 32.7 Å². The molecule has 0 aliphatic rings. The molecule has 106 valence electrons. The summed E-state index contributed by atoms with van der Waals surface area (Å²) < 4.78 is 1.13. The molecule has 1 nitrogen and oxygen atoms in total. The number of hydrogen-bond donors (Lipinski definition) is 1. The minimum absolute atomic E-state index is 0.310. The number of rotatable bonds is 5. The summed E-state index contributed by atoms with van der Waals surface area (Å²) in [6, 6.07) is 14.7. The van der Waals surface area contributed by atoms with Gasteiger partial charge in [0.1, 0.15) is 0 Å². The van der Waals surface area contributed by atoms with Crippen LogP contribution in [0.5, 0.6) is 0 Å². The van der Waals surface area contributed by atoms with Crippen LogP contribution in [0.4, 0.5) is 5.69 Å². The molecule has 20 heavy (non-hydrogen) atoms. The summed E-state index contributed by atoms with van der Waals surface area (Å²) in [4.78, 5) is 0. The molecule has 0 saturated heterocycles. The summed E-state index contributed by atoms with van der Waals surface area (Å²) in [6.07, 6.45) is 2.22. The SMILES string of the molecule is CCCC(Nc1cccc(Br)c1C)c1ccc(Cl)cc1. The predicted octanol–water partition coefficient (Wildman–Crippen LogP) is 6.36. The Morgan fingerprint density at radius 2 is 1.85 bits per heavy atom. The third kappa shape index (κ3) is 3.77. The van der Waals surface area contributed by atoms with Gasteiger partial charge in [-0.15, -0.1) is 0 Å². The first-order valence-corrected chi connectivity index (χ1v) is 8.06. The van der Waals surface area contributed by atoms with E-state index in [1.807, 2.05) is 12.1 Å². The standard InChI is InChI=1S/C17H19BrClN/c1-3-5-17(13-8-10-14(19)11-9-13)20-16-7-4-6-15(18)12(16)2/h4,6-11,17,20H,3,5H2,1-2H3. The van der Waals surface area contributed by atoms with Crippen LogP contribution >= 0.6 is 27.5 Å². The Hall–Kier alpha value is -0.990. The minimum Gasteiger partial charge on any atom is -0.378 e. The van der Waals surface area contributed by atoms with Crippen LogP contribution in [-0.2, 0) is 0 Å². The van der Waals surface area contributed by atoms with Gasteiger partial charge in [0.25, 0.3) is 0 Å². The summed E-state index contributed by atoms with van der Waals surface area (Å²) in [6.45, 7) is 4.33. The molecule has 0 aromatic heterocycles. The van der Waals surface area contributed by atoms with Gasteiger partial charge in [0.2, 0.25) is 0 Å². The molecule has 3 heteroatoms. The molecule has 2 aromatic carbocycles. The van der Waals surface area contributed by atoms with Gasteiger partial charge in [-0.3, -0.25) is 0 Å². The fraction of sp³-hybridized carbons (Fsp3) is 0.294. The topological polar surface area (TPSA) is 12.0 Å². The minimum atomic E-state index is 0.310. The Labute approximate surface area is 134 Å². The Kier molecular flexibility index (Phi) is 5.50. The average molecular weight is 353 g/mol. The molecule has 1 N–H and O–H groups in total. The van der Waals surface area contributed by atoms with Crippen LogP contribution in [0.1, 0.15) is 36.9 Å². The molecule has 0 bridgehead atoms. The van der Waals surface area contributed by atoms with Gasteiger partial charge in [-0.25, -0.2) is 0 Å². The normalized spacial score (nSPS) is 12.2. The van der Waals surface area contributed by atoms with E-state index in [0.717, 1.165) is 22.3 Å². The first-order valence-electron chi connectivity index (χ1n) is 6.89. The molecule has 0 aliphatic heterocycles. The molecule has 0 aliphatic carbocycles. The van der Waals surface area contributed by atoms with Gasteiger partial charge in [-0.05, 0) is 48.7 Å². The molecular weight excluding hydrogens is 334 g/mol. The second-order valence-corrected chi connectivity index (χ2v) is 6.24. The van der Waals surface area contributed by atoms with Crippen molar-refractivity contribution in [2.24, 2.45) is 0 Å². The Balaban J connectivity index is 2.25. The van der Waals surface area contributed by atoms with Gasteiger partial charge in [0.15, 0.2) is 0 Å². The monoisotopic (exact) mass is 351 g/mol. The van der Waals surface area contributed by atoms with E-state index in [1.165, 1.54) is 16.8 Å². The number of hydrogen-bond acceptors (Lipinski definition) is 1. The number of nitrogens with one attached hydrogen (secondary N) is 1. The molecule has 0 saturated carbocycles. The molecule has 0 heterocycles. The van der Waals surface area contributed by atoms with Gasteiger partial charge in [0.05, 0.1) is 6.04 Å². The molecule has 1 unspecified atom stereocenters. The second-order valence-electron chi connectivity index (χ2n) is 4.95. The van der Waals surface area contributed by atoms with Gasteiger partial charge < -0.3 is 5.32 Å². The van der Waals surface area contributed by atoms with E-state index in [-0.39, 0.29) is 0 Å². The maximum absolute atomic E-state index is 5.97. The van der Waals surface area contributed by atoms with Crippen LogP contribution < -0.4 is 5.32 Å². The molecule has 0 radical (unpaired) electrons. The summed E-state index contributed by atoms with van der Waals surface area (Å²) in [5, 5.41) is 4.43. The maximum atomic E-state index is 5.97. The Morgan fingerprint density at radius 1 is 1.15 bits per heavy atom. The summed E-state index contributed by atoms with van der Waals surface area (Å²) in [5.74, 6) is 0. The molecule has 0 amide bonds. The highest BCUT2D eigenvalue weighted by Crippen LogP contribution is 2.29. The molecule has 1 atom stereocenters. The Morgan fingerprint density at radius 3 is 2.50 bits per heavy atom. The van der Waals surface area contributed by atoms with E-state index in [4.69, 9.17) is 11.6 Å². The number of benzene rings is 2. The maximum Gasteiger partial charge on any atom is 0.0513 e. The van der Waals surface area contributed by atoms with Gasteiger partial charge >= 0.3 is 0 Å². The first kappa shape index (κ1) is 15.4. The van der Waals surface area contributed by atoms with Crippen molar-refractivity contribution in [3.8, 4) is 0 Å². The van der Waals surface area contributed by atoms with Gasteiger partial charge in [0, 0.05) is 15.2 Å². The van der Waals surface area contributed by atoms with Gasteiger partial charge in [-0.2, -0.15) is 0 Å². The largest absolute Gasteiger partial charge is 0.378 e. The van der Waals surface area contributed by atoms with Gasteiger partial charge in [-0.1, -0.05) is 59.1 Å². The highest BCUT2D eigenvalue weighted by molar-refractivity contribution is 9.10. The lowest BCUT2D eigenvalue weighted by Gasteiger charge is -2.21. The van der Waals surface area contributed by atoms with E-state index in [9.17, 15) is 0 Å². The lowest BCUT2D eigenvalue weighted by molar-refractivity contribution is 0.677. The van der Waals surface area contributed by atoms with Crippen molar-refractivity contribution in [3.05, 3.63) is 63.1 Å². The summed E-state index contributed by atoms with van der Waals surface area (Å²) >= 11 is 9.56. The highest BCUT2D eigenvalue weighted by Gasteiger charge is 2.12. The van der Waals surface area contributed by atoms with Crippen molar-refractivity contribution in [1.29, 1.82) is 0 Å². The predicted molar refractivity (Wildman–Crippen MR) is 91.6 cm³/mol. The number of halogens is 2. The average Bonchev–Trinajstić information content (AvgIpc) is 2.44. The Bertz CT molecular complexity index is 566. The van der Waals surface area contributed by atoms with Crippen LogP contribution in [0.2, 0.25) is 5.02 Å². The third-order valence-electron chi connectivity index (χ3n) is 3.45. The quantitative estimate of drug-likeness (QED) is 0.659. The first-order chi connectivity index (χ1) is 9.61. The van der Waals surface area contributed by atoms with Crippen LogP contribution in [-0.4, -0.2) is 0 Å². The fourth-order valence-electron chi connectivity index (χ4n) is 2.26. The van der Waals surface area contributed by atoms with Crippen LogP contribution in [0.3, 0.4) is 0 Å². The lowest BCUT2D eigenvalue weighted by atomic mass is 10.0. The summed E-state index contributed by atoms with van der Waals surface area (Å²) in [5.41, 5.74) is 3.69. The van der Waals surface area contributed by atoms with E-state index >= 15 is 0 Å². The molecule has 2 rings (SSSR count). The van der Waals surface area contributed by atoms with Crippen molar-refractivity contribution >= 4 is 33.2 Å². The summed E-state index contributed by atoms with van der Waals surface area (Å²) in [7, 11) is 0. The number of anilines is 1. The highest BCUT2D eigenvalue weighted by atomic mass is 79.9. The molecular formula is C17H19BrClN. The van der Waals surface area contributed by atoms with Crippen molar-refractivity contribution in [3.63, 3.8) is 0 Å². The zero-order valence-corrected chi connectivity index (χ0v) is 14.1. The lowest BCUT2D eigenvalue weighted by Crippen LogP contribution is -2.11. The zero-order valence-electron chi connectivity index (χ0n) is 11.8. The van der Waals surface area contributed by atoms with E-state index < -0.39 is 0 Å². The third-order valence-corrected chi connectivity index (χ3v) is 4.56. The van der Waals surface area contributed by atoms with E-state index in [2.05, 4.69) is 65.4 Å². The smallest absolute Gasteiger partial charge is 0.0513 e. The molecule has 0 fully saturated rings. The molecule has 0 spiro atoms. The van der Waals surface area contributed by atoms with Crippen molar-refractivity contribution in [1.82, 2.24) is 0 Å². The van der Waals surface area contributed by atoms with Crippen LogP contribution in [0, 0.1) is 6.92 Å². The zero-order chi connectivity index (χ0) is 14.5. The van der Waals surface area contributed by atoms with E-state index in [1.54, 1.807) is 0 Å².